The molecule has 1 heterocycles. The van der Waals surface area contributed by atoms with E-state index in [0.717, 1.165) is 0 Å². The van der Waals surface area contributed by atoms with Crippen molar-refractivity contribution in [2.45, 2.75) is 13.0 Å². The minimum absolute atomic E-state index is 0.00888. The quantitative estimate of drug-likeness (QED) is 0.737. The van der Waals surface area contributed by atoms with Crippen molar-refractivity contribution in [2.75, 3.05) is 20.8 Å². The van der Waals surface area contributed by atoms with Crippen molar-refractivity contribution in [1.82, 2.24) is 10.3 Å². The number of nitrogens with one attached hydrogen (secondary N) is 2. The van der Waals surface area contributed by atoms with E-state index < -0.39 is 17.6 Å². The Hall–Kier alpha value is -2.80. The molecule has 1 aromatic heterocycles. The van der Waals surface area contributed by atoms with Crippen molar-refractivity contribution in [3.05, 3.63) is 57.5 Å². The van der Waals surface area contributed by atoms with Crippen LogP contribution >= 0.6 is 0 Å². The number of H-pyrrole nitrogens is 1. The van der Waals surface area contributed by atoms with Gasteiger partial charge in [-0.25, -0.2) is 0 Å². The van der Waals surface area contributed by atoms with Crippen molar-refractivity contribution in [1.29, 1.82) is 0 Å². The molecule has 0 unspecified atom stereocenters. The first kappa shape index (κ1) is 17.6. The Bertz CT molecular complexity index is 785. The minimum atomic E-state index is -1.01. The number of rotatable bonds is 6. The van der Waals surface area contributed by atoms with Crippen LogP contribution in [-0.4, -0.2) is 36.8 Å². The first-order chi connectivity index (χ1) is 11.5. The van der Waals surface area contributed by atoms with Crippen molar-refractivity contribution < 1.29 is 19.4 Å². The number of pyridine rings is 1. The van der Waals surface area contributed by atoms with Crippen LogP contribution in [-0.2, 0) is 0 Å². The lowest BCUT2D eigenvalue weighted by atomic mass is 10.1. The van der Waals surface area contributed by atoms with Crippen molar-refractivity contribution in [3.63, 3.8) is 0 Å². The molecule has 0 aliphatic heterocycles. The Morgan fingerprint density at radius 3 is 2.62 bits per heavy atom. The molecule has 2 aromatic rings. The maximum Gasteiger partial charge on any atom is 0.260 e. The van der Waals surface area contributed by atoms with Gasteiger partial charge in [0.25, 0.3) is 11.5 Å². The van der Waals surface area contributed by atoms with E-state index in [1.165, 1.54) is 20.3 Å². The van der Waals surface area contributed by atoms with E-state index in [0.29, 0.717) is 22.8 Å². The summed E-state index contributed by atoms with van der Waals surface area (Å²) in [5.74, 6) is 0.481. The number of aliphatic hydroxyl groups excluding tert-OH is 1. The average molecular weight is 332 g/mol. The number of methoxy groups -OCH3 is 2. The summed E-state index contributed by atoms with van der Waals surface area (Å²) in [6.45, 7) is 1.65. The smallest absolute Gasteiger partial charge is 0.260 e. The van der Waals surface area contributed by atoms with Gasteiger partial charge in [-0.3, -0.25) is 9.59 Å². The number of benzene rings is 1. The molecule has 1 amide bonds. The van der Waals surface area contributed by atoms with Crippen LogP contribution in [0.2, 0.25) is 0 Å². The van der Waals surface area contributed by atoms with Gasteiger partial charge in [-0.05, 0) is 37.3 Å². The lowest BCUT2D eigenvalue weighted by Crippen LogP contribution is -2.32. The molecular formula is C17H20N2O5. The van der Waals surface area contributed by atoms with Gasteiger partial charge in [0, 0.05) is 17.8 Å². The van der Waals surface area contributed by atoms with Crippen molar-refractivity contribution >= 4 is 5.91 Å². The van der Waals surface area contributed by atoms with E-state index in [9.17, 15) is 14.7 Å². The van der Waals surface area contributed by atoms with E-state index in [2.05, 4.69) is 10.3 Å². The normalized spacial score (nSPS) is 11.7. The predicted molar refractivity (Wildman–Crippen MR) is 88.6 cm³/mol. The number of hydrogen-bond donors (Lipinski definition) is 3. The summed E-state index contributed by atoms with van der Waals surface area (Å²) in [5.41, 5.74) is 0.666. The third-order valence-corrected chi connectivity index (χ3v) is 3.55. The summed E-state index contributed by atoms with van der Waals surface area (Å²) < 4.78 is 10.3. The molecule has 2 rings (SSSR count). The maximum atomic E-state index is 12.1. The van der Waals surface area contributed by atoms with Crippen LogP contribution in [0.25, 0.3) is 0 Å². The molecule has 7 heteroatoms. The van der Waals surface area contributed by atoms with Gasteiger partial charge in [0.15, 0.2) is 0 Å². The molecule has 0 saturated heterocycles. The highest BCUT2D eigenvalue weighted by Gasteiger charge is 2.17. The SMILES string of the molecule is COc1ccc(OC)c([C@H](O)CNC(=O)c2ccc(C)[nH]c2=O)c1. The highest BCUT2D eigenvalue weighted by molar-refractivity contribution is 5.93. The summed E-state index contributed by atoms with van der Waals surface area (Å²) in [7, 11) is 3.01. The van der Waals surface area contributed by atoms with Gasteiger partial charge in [-0.15, -0.1) is 0 Å². The molecule has 3 N–H and O–H groups in total. The van der Waals surface area contributed by atoms with Crippen LogP contribution in [0, 0.1) is 6.92 Å². The van der Waals surface area contributed by atoms with Crippen LogP contribution in [0.3, 0.4) is 0 Å². The second-order valence-corrected chi connectivity index (χ2v) is 5.22. The van der Waals surface area contributed by atoms with Crippen LogP contribution in [0.15, 0.2) is 35.1 Å². The van der Waals surface area contributed by atoms with Gasteiger partial charge >= 0.3 is 0 Å². The second-order valence-electron chi connectivity index (χ2n) is 5.22. The fourth-order valence-electron chi connectivity index (χ4n) is 2.25. The molecule has 128 valence electrons. The van der Waals surface area contributed by atoms with E-state index in [4.69, 9.17) is 9.47 Å². The lowest BCUT2D eigenvalue weighted by Gasteiger charge is -2.16. The molecule has 24 heavy (non-hydrogen) atoms. The van der Waals surface area contributed by atoms with Crippen LogP contribution in [0.5, 0.6) is 11.5 Å². The van der Waals surface area contributed by atoms with Crippen molar-refractivity contribution in [3.8, 4) is 11.5 Å². The van der Waals surface area contributed by atoms with Gasteiger partial charge < -0.3 is 24.9 Å². The van der Waals surface area contributed by atoms with Gasteiger partial charge in [-0.2, -0.15) is 0 Å². The van der Waals surface area contributed by atoms with Gasteiger partial charge in [0.2, 0.25) is 0 Å². The molecule has 1 atom stereocenters. The zero-order chi connectivity index (χ0) is 17.7. The fourth-order valence-corrected chi connectivity index (χ4v) is 2.25. The number of amides is 1. The summed E-state index contributed by atoms with van der Waals surface area (Å²) in [6, 6.07) is 8.09. The standard InChI is InChI=1S/C17H20N2O5/c1-10-4-6-12(17(22)19-10)16(21)18-9-14(20)13-8-11(23-2)5-7-15(13)24-3/h4-8,14,20H,9H2,1-3H3,(H,18,21)(H,19,22)/t14-/m1/s1. The number of aryl methyl sites for hydroxylation is 1. The molecule has 0 spiro atoms. The molecule has 1 aromatic carbocycles. The van der Waals surface area contributed by atoms with E-state index in [-0.39, 0.29) is 12.1 Å². The summed E-state index contributed by atoms with van der Waals surface area (Å²) >= 11 is 0. The number of hydrogen-bond acceptors (Lipinski definition) is 5. The molecule has 0 fully saturated rings. The zero-order valence-electron chi connectivity index (χ0n) is 13.8. The Balaban J connectivity index is 2.11. The maximum absolute atomic E-state index is 12.1. The number of ether oxygens (including phenoxy) is 2. The Morgan fingerprint density at radius 2 is 2.00 bits per heavy atom. The molecule has 0 radical (unpaired) electrons. The third kappa shape index (κ3) is 3.94. The molecule has 0 aliphatic carbocycles. The first-order valence-corrected chi connectivity index (χ1v) is 7.34. The van der Waals surface area contributed by atoms with Crippen LogP contribution < -0.4 is 20.3 Å². The minimum Gasteiger partial charge on any atom is -0.497 e. The predicted octanol–water partition coefficient (Wildman–Crippen LogP) is 1.16. The Morgan fingerprint density at radius 1 is 1.25 bits per heavy atom. The summed E-state index contributed by atoms with van der Waals surface area (Å²) in [5, 5.41) is 12.9. The Labute approximate surface area is 139 Å². The number of aromatic nitrogens is 1. The van der Waals surface area contributed by atoms with E-state index in [1.54, 1.807) is 31.2 Å². The fraction of sp³-hybridized carbons (Fsp3) is 0.294. The monoisotopic (exact) mass is 332 g/mol. The Kier molecular flexibility index (Phi) is 5.59. The topological polar surface area (TPSA) is 101 Å². The largest absolute Gasteiger partial charge is 0.497 e. The zero-order valence-corrected chi connectivity index (χ0v) is 13.8. The lowest BCUT2D eigenvalue weighted by molar-refractivity contribution is 0.0913. The number of aromatic amines is 1. The first-order valence-electron chi connectivity index (χ1n) is 7.34. The molecular weight excluding hydrogens is 312 g/mol. The number of aliphatic hydroxyl groups is 1. The van der Waals surface area contributed by atoms with E-state index >= 15 is 0 Å². The van der Waals surface area contributed by atoms with Gasteiger partial charge in [-0.1, -0.05) is 0 Å². The molecule has 0 aliphatic rings. The summed E-state index contributed by atoms with van der Waals surface area (Å²) in [6.07, 6.45) is -1.01. The summed E-state index contributed by atoms with van der Waals surface area (Å²) in [4.78, 5) is 26.4. The number of carbonyl (C=O) groups excluding carboxylic acids is 1. The second kappa shape index (κ2) is 7.65. The van der Waals surface area contributed by atoms with E-state index in [1.807, 2.05) is 0 Å². The van der Waals surface area contributed by atoms with Crippen LogP contribution in [0.1, 0.15) is 27.7 Å². The van der Waals surface area contributed by atoms with Gasteiger partial charge in [0.1, 0.15) is 23.2 Å². The third-order valence-electron chi connectivity index (χ3n) is 3.55. The van der Waals surface area contributed by atoms with Gasteiger partial charge in [0.05, 0.1) is 14.2 Å². The molecule has 0 bridgehead atoms. The highest BCUT2D eigenvalue weighted by atomic mass is 16.5. The number of carbonyl (C=O) groups is 1. The van der Waals surface area contributed by atoms with Crippen molar-refractivity contribution in [2.24, 2.45) is 0 Å². The highest BCUT2D eigenvalue weighted by Crippen LogP contribution is 2.29. The van der Waals surface area contributed by atoms with Crippen LogP contribution in [0.4, 0.5) is 0 Å². The average Bonchev–Trinajstić information content (AvgIpc) is 2.58. The molecule has 7 nitrogen and oxygen atoms in total. The molecule has 0 saturated carbocycles.